The zero-order valence-electron chi connectivity index (χ0n) is 7.63. The predicted octanol–water partition coefficient (Wildman–Crippen LogP) is 1.86. The van der Waals surface area contributed by atoms with Gasteiger partial charge in [0, 0.05) is 24.6 Å². The van der Waals surface area contributed by atoms with E-state index in [2.05, 4.69) is 51.4 Å². The summed E-state index contributed by atoms with van der Waals surface area (Å²) in [4.78, 5) is 2.32. The fourth-order valence-electron chi connectivity index (χ4n) is 1.48. The molecule has 0 amide bonds. The van der Waals surface area contributed by atoms with E-state index in [9.17, 15) is 0 Å². The first-order chi connectivity index (χ1) is 6.29. The Balaban J connectivity index is 2.18. The predicted molar refractivity (Wildman–Crippen MR) is 59.2 cm³/mol. The molecule has 0 spiro atoms. The van der Waals surface area contributed by atoms with Gasteiger partial charge in [-0.25, -0.2) is 0 Å². The highest BCUT2D eigenvalue weighted by Crippen LogP contribution is 2.26. The van der Waals surface area contributed by atoms with Crippen LogP contribution in [0.1, 0.15) is 0 Å². The number of anilines is 1. The van der Waals surface area contributed by atoms with Crippen molar-refractivity contribution < 1.29 is 0 Å². The first-order valence-electron chi connectivity index (χ1n) is 4.47. The smallest absolute Gasteiger partial charge is 0.0536 e. The highest BCUT2D eigenvalue weighted by atomic mass is 79.9. The minimum Gasteiger partial charge on any atom is -0.368 e. The van der Waals surface area contributed by atoms with Gasteiger partial charge in [-0.2, -0.15) is 0 Å². The minimum atomic E-state index is 0.652. The largest absolute Gasteiger partial charge is 0.368 e. The molecule has 0 aromatic heterocycles. The van der Waals surface area contributed by atoms with Crippen LogP contribution in [0.4, 0.5) is 5.69 Å². The van der Waals surface area contributed by atoms with Crippen molar-refractivity contribution >= 4 is 21.6 Å². The van der Waals surface area contributed by atoms with Crippen LogP contribution in [0.15, 0.2) is 28.7 Å². The molecule has 1 aliphatic rings. The first-order valence-corrected chi connectivity index (χ1v) is 5.26. The molecular weight excluding hydrogens is 228 g/mol. The molecule has 0 bridgehead atoms. The van der Waals surface area contributed by atoms with Gasteiger partial charge in [0.15, 0.2) is 0 Å². The van der Waals surface area contributed by atoms with Crippen LogP contribution in [0.3, 0.4) is 0 Å². The fourth-order valence-corrected chi connectivity index (χ4v) is 2.05. The Hall–Kier alpha value is -0.540. The Bertz CT molecular complexity index is 297. The standard InChI is InChI=1S/C10H13BrN2/c1-13(8-6-12-7-8)10-5-3-2-4-9(10)11/h2-5,8,12H,6-7H2,1H3. The molecule has 1 N–H and O–H groups in total. The Morgan fingerprint density at radius 3 is 2.62 bits per heavy atom. The van der Waals surface area contributed by atoms with Crippen LogP contribution in [0.5, 0.6) is 0 Å². The third-order valence-corrected chi connectivity index (χ3v) is 3.21. The lowest BCUT2D eigenvalue weighted by molar-refractivity contribution is 0.428. The van der Waals surface area contributed by atoms with Crippen LogP contribution in [-0.4, -0.2) is 26.2 Å². The Labute approximate surface area is 87.1 Å². The Morgan fingerprint density at radius 1 is 1.38 bits per heavy atom. The lowest BCUT2D eigenvalue weighted by atomic mass is 10.1. The molecule has 1 saturated heterocycles. The van der Waals surface area contributed by atoms with Gasteiger partial charge in [0.2, 0.25) is 0 Å². The average molecular weight is 241 g/mol. The van der Waals surface area contributed by atoms with Crippen LogP contribution in [0.25, 0.3) is 0 Å². The van der Waals surface area contributed by atoms with Crippen molar-refractivity contribution in [1.82, 2.24) is 5.32 Å². The number of nitrogens with one attached hydrogen (secondary N) is 1. The summed E-state index contributed by atoms with van der Waals surface area (Å²) in [7, 11) is 2.14. The monoisotopic (exact) mass is 240 g/mol. The topological polar surface area (TPSA) is 15.3 Å². The fraction of sp³-hybridized carbons (Fsp3) is 0.400. The van der Waals surface area contributed by atoms with Gasteiger partial charge in [0.1, 0.15) is 0 Å². The normalized spacial score (nSPS) is 16.8. The van der Waals surface area contributed by atoms with E-state index in [1.807, 2.05) is 6.07 Å². The summed E-state index contributed by atoms with van der Waals surface area (Å²) in [6, 6.07) is 8.99. The molecule has 70 valence electrons. The maximum atomic E-state index is 3.56. The zero-order chi connectivity index (χ0) is 9.26. The van der Waals surface area contributed by atoms with Crippen LogP contribution < -0.4 is 10.2 Å². The van der Waals surface area contributed by atoms with E-state index in [1.165, 1.54) is 10.2 Å². The summed E-state index contributed by atoms with van der Waals surface area (Å²) in [6.45, 7) is 2.19. The number of nitrogens with zero attached hydrogens (tertiary/aromatic N) is 1. The summed E-state index contributed by atoms with van der Waals surface area (Å²) in [5.74, 6) is 0. The molecule has 0 atom stereocenters. The molecule has 13 heavy (non-hydrogen) atoms. The molecule has 1 fully saturated rings. The molecule has 0 saturated carbocycles. The summed E-state index contributed by atoms with van der Waals surface area (Å²) in [5, 5.41) is 3.27. The summed E-state index contributed by atoms with van der Waals surface area (Å²) in [6.07, 6.45) is 0. The molecule has 1 aromatic carbocycles. The minimum absolute atomic E-state index is 0.652. The second-order valence-corrected chi connectivity index (χ2v) is 4.23. The molecule has 0 unspecified atom stereocenters. The van der Waals surface area contributed by atoms with E-state index >= 15 is 0 Å². The second kappa shape index (κ2) is 3.68. The molecule has 2 nitrogen and oxygen atoms in total. The van der Waals surface area contributed by atoms with Gasteiger partial charge in [-0.3, -0.25) is 0 Å². The van der Waals surface area contributed by atoms with Crippen molar-refractivity contribution in [3.8, 4) is 0 Å². The van der Waals surface area contributed by atoms with Crippen LogP contribution >= 0.6 is 15.9 Å². The highest BCUT2D eigenvalue weighted by Gasteiger charge is 2.22. The Morgan fingerprint density at radius 2 is 2.08 bits per heavy atom. The van der Waals surface area contributed by atoms with Crippen LogP contribution in [0.2, 0.25) is 0 Å². The zero-order valence-corrected chi connectivity index (χ0v) is 9.21. The van der Waals surface area contributed by atoms with E-state index in [0.717, 1.165) is 13.1 Å². The lowest BCUT2D eigenvalue weighted by Crippen LogP contribution is -2.56. The van der Waals surface area contributed by atoms with Crippen LogP contribution in [0, 0.1) is 0 Å². The molecule has 2 rings (SSSR count). The van der Waals surface area contributed by atoms with E-state index in [1.54, 1.807) is 0 Å². The quantitative estimate of drug-likeness (QED) is 0.850. The summed E-state index contributed by atoms with van der Waals surface area (Å²) in [5.41, 5.74) is 1.27. The second-order valence-electron chi connectivity index (χ2n) is 3.37. The summed E-state index contributed by atoms with van der Waals surface area (Å²) >= 11 is 3.56. The molecular formula is C10H13BrN2. The summed E-state index contributed by atoms with van der Waals surface area (Å²) < 4.78 is 1.17. The maximum absolute atomic E-state index is 3.56. The van der Waals surface area contributed by atoms with Gasteiger partial charge in [-0.15, -0.1) is 0 Å². The Kier molecular flexibility index (Phi) is 2.56. The number of hydrogen-bond donors (Lipinski definition) is 1. The van der Waals surface area contributed by atoms with Crippen molar-refractivity contribution in [2.24, 2.45) is 0 Å². The molecule has 1 aliphatic heterocycles. The molecule has 3 heteroatoms. The maximum Gasteiger partial charge on any atom is 0.0536 e. The molecule has 0 radical (unpaired) electrons. The van der Waals surface area contributed by atoms with E-state index in [4.69, 9.17) is 0 Å². The number of likely N-dealkylation sites (N-methyl/N-ethyl adjacent to an activating group) is 1. The van der Waals surface area contributed by atoms with Gasteiger partial charge < -0.3 is 10.2 Å². The molecule has 1 heterocycles. The number of benzene rings is 1. The molecule has 1 aromatic rings. The van der Waals surface area contributed by atoms with Gasteiger partial charge in [-0.1, -0.05) is 12.1 Å². The van der Waals surface area contributed by atoms with E-state index in [0.29, 0.717) is 6.04 Å². The first kappa shape index (κ1) is 9.03. The van der Waals surface area contributed by atoms with E-state index < -0.39 is 0 Å². The third kappa shape index (κ3) is 1.71. The lowest BCUT2D eigenvalue weighted by Gasteiger charge is -2.37. The van der Waals surface area contributed by atoms with Crippen LogP contribution in [-0.2, 0) is 0 Å². The number of para-hydroxylation sites is 1. The van der Waals surface area contributed by atoms with Gasteiger partial charge in [0.25, 0.3) is 0 Å². The van der Waals surface area contributed by atoms with E-state index in [-0.39, 0.29) is 0 Å². The molecule has 0 aliphatic carbocycles. The van der Waals surface area contributed by atoms with Crippen molar-refractivity contribution in [2.45, 2.75) is 6.04 Å². The van der Waals surface area contributed by atoms with Gasteiger partial charge in [-0.05, 0) is 28.1 Å². The van der Waals surface area contributed by atoms with Crippen molar-refractivity contribution in [2.75, 3.05) is 25.0 Å². The van der Waals surface area contributed by atoms with Gasteiger partial charge >= 0.3 is 0 Å². The SMILES string of the molecule is CN(c1ccccc1Br)C1CNC1. The van der Waals surface area contributed by atoms with Crippen molar-refractivity contribution in [3.63, 3.8) is 0 Å². The van der Waals surface area contributed by atoms with Crippen molar-refractivity contribution in [3.05, 3.63) is 28.7 Å². The third-order valence-electron chi connectivity index (χ3n) is 2.54. The highest BCUT2D eigenvalue weighted by molar-refractivity contribution is 9.10. The number of hydrogen-bond acceptors (Lipinski definition) is 2. The number of halogens is 1. The number of rotatable bonds is 2. The van der Waals surface area contributed by atoms with Gasteiger partial charge in [0.05, 0.1) is 11.7 Å². The van der Waals surface area contributed by atoms with Crippen molar-refractivity contribution in [1.29, 1.82) is 0 Å². The average Bonchev–Trinajstić information content (AvgIpc) is 2.01.